The van der Waals surface area contributed by atoms with Crippen LogP contribution in [0.4, 0.5) is 0 Å². The highest BCUT2D eigenvalue weighted by atomic mass is 79.9. The second-order valence-electron chi connectivity index (χ2n) is 5.21. The van der Waals surface area contributed by atoms with Crippen LogP contribution >= 0.6 is 15.9 Å². The van der Waals surface area contributed by atoms with E-state index in [9.17, 15) is 4.79 Å². The molecule has 1 heterocycles. The van der Waals surface area contributed by atoms with Crippen LogP contribution in [0, 0.1) is 6.92 Å². The Morgan fingerprint density at radius 2 is 1.70 bits per heavy atom. The second kappa shape index (κ2) is 6.87. The first kappa shape index (κ1) is 15.6. The predicted molar refractivity (Wildman–Crippen MR) is 91.9 cm³/mol. The first-order valence-corrected chi connectivity index (χ1v) is 8.03. The van der Waals surface area contributed by atoms with Crippen LogP contribution in [0.2, 0.25) is 0 Å². The third-order valence-electron chi connectivity index (χ3n) is 3.47. The summed E-state index contributed by atoms with van der Waals surface area (Å²) in [5.41, 5.74) is 4.03. The van der Waals surface area contributed by atoms with Gasteiger partial charge in [0.25, 0.3) is 0 Å². The van der Waals surface area contributed by atoms with Crippen molar-refractivity contribution in [2.24, 2.45) is 0 Å². The van der Waals surface area contributed by atoms with Crippen molar-refractivity contribution in [2.45, 2.75) is 20.0 Å². The Labute approximate surface area is 142 Å². The number of esters is 1. The molecular formula is C18H15BrN2O2. The molecule has 3 rings (SSSR count). The fourth-order valence-corrected chi connectivity index (χ4v) is 2.49. The number of aryl methyl sites for hydroxylation is 1. The van der Waals surface area contributed by atoms with Gasteiger partial charge in [-0.2, -0.15) is 0 Å². The molecule has 5 heteroatoms. The molecule has 2 aromatic carbocycles. The van der Waals surface area contributed by atoms with Gasteiger partial charge < -0.3 is 4.74 Å². The topological polar surface area (TPSA) is 52.1 Å². The lowest BCUT2D eigenvalue weighted by Crippen LogP contribution is -2.10. The van der Waals surface area contributed by atoms with E-state index in [1.54, 1.807) is 0 Å². The number of para-hydroxylation sites is 2. The van der Waals surface area contributed by atoms with Gasteiger partial charge in [0.2, 0.25) is 0 Å². The molecule has 0 N–H and O–H groups in total. The third-order valence-corrected chi connectivity index (χ3v) is 4.00. The summed E-state index contributed by atoms with van der Waals surface area (Å²) in [6.45, 7) is 2.01. The number of fused-ring (bicyclic) bond motifs is 1. The highest BCUT2D eigenvalue weighted by Crippen LogP contribution is 2.14. The minimum absolute atomic E-state index is 0.138. The minimum Gasteiger partial charge on any atom is -0.459 e. The summed E-state index contributed by atoms with van der Waals surface area (Å²) < 4.78 is 6.32. The van der Waals surface area contributed by atoms with Crippen LogP contribution in [0.15, 0.2) is 53.0 Å². The maximum absolute atomic E-state index is 12.0. The lowest BCUT2D eigenvalue weighted by Gasteiger charge is -2.08. The fraction of sp³-hybridized carbons (Fsp3) is 0.167. The largest absolute Gasteiger partial charge is 0.459 e. The molecule has 0 aliphatic carbocycles. The SMILES string of the molecule is Cc1nc2ccccc2nc1COC(=O)Cc1ccc(Br)cc1. The lowest BCUT2D eigenvalue weighted by atomic mass is 10.2. The molecule has 0 radical (unpaired) electrons. The van der Waals surface area contributed by atoms with Gasteiger partial charge in [-0.1, -0.05) is 40.2 Å². The Hall–Kier alpha value is -2.27. The lowest BCUT2D eigenvalue weighted by molar-refractivity contribution is -0.144. The summed E-state index contributed by atoms with van der Waals surface area (Å²) in [6, 6.07) is 15.2. The van der Waals surface area contributed by atoms with Crippen molar-refractivity contribution in [1.82, 2.24) is 9.97 Å². The van der Waals surface area contributed by atoms with Crippen molar-refractivity contribution < 1.29 is 9.53 Å². The summed E-state index contributed by atoms with van der Waals surface area (Å²) in [6.07, 6.45) is 0.243. The zero-order valence-corrected chi connectivity index (χ0v) is 14.2. The fourth-order valence-electron chi connectivity index (χ4n) is 2.23. The van der Waals surface area contributed by atoms with E-state index >= 15 is 0 Å². The van der Waals surface area contributed by atoms with Crippen LogP contribution in [-0.4, -0.2) is 15.9 Å². The van der Waals surface area contributed by atoms with Crippen LogP contribution in [-0.2, 0) is 22.6 Å². The van der Waals surface area contributed by atoms with Crippen LogP contribution in [0.5, 0.6) is 0 Å². The first-order chi connectivity index (χ1) is 11.1. The Bertz CT molecular complexity index is 847. The number of halogens is 1. The molecule has 0 aliphatic rings. The molecule has 0 aliphatic heterocycles. The van der Waals surface area contributed by atoms with E-state index in [-0.39, 0.29) is 19.0 Å². The van der Waals surface area contributed by atoms with Crippen LogP contribution < -0.4 is 0 Å². The summed E-state index contributed by atoms with van der Waals surface area (Å²) in [4.78, 5) is 21.0. The molecule has 116 valence electrons. The quantitative estimate of drug-likeness (QED) is 0.651. The minimum atomic E-state index is -0.276. The molecule has 0 bridgehead atoms. The van der Waals surface area contributed by atoms with Gasteiger partial charge in [0.1, 0.15) is 6.61 Å². The molecule has 0 saturated heterocycles. The Morgan fingerprint density at radius 1 is 1.04 bits per heavy atom. The second-order valence-corrected chi connectivity index (χ2v) is 6.12. The molecular weight excluding hydrogens is 356 g/mol. The maximum Gasteiger partial charge on any atom is 0.310 e. The number of ether oxygens (including phenoxy) is 1. The molecule has 0 saturated carbocycles. The van der Waals surface area contributed by atoms with Gasteiger partial charge in [-0.15, -0.1) is 0 Å². The number of hydrogen-bond donors (Lipinski definition) is 0. The molecule has 0 fully saturated rings. The third kappa shape index (κ3) is 3.93. The smallest absolute Gasteiger partial charge is 0.310 e. The summed E-state index contributed by atoms with van der Waals surface area (Å²) >= 11 is 3.37. The maximum atomic E-state index is 12.0. The van der Waals surface area contributed by atoms with E-state index in [2.05, 4.69) is 25.9 Å². The van der Waals surface area contributed by atoms with Crippen LogP contribution in [0.25, 0.3) is 11.0 Å². The van der Waals surface area contributed by atoms with E-state index in [0.29, 0.717) is 5.69 Å². The molecule has 0 amide bonds. The average molecular weight is 371 g/mol. The van der Waals surface area contributed by atoms with E-state index in [0.717, 1.165) is 26.8 Å². The summed E-state index contributed by atoms with van der Waals surface area (Å²) in [5, 5.41) is 0. The van der Waals surface area contributed by atoms with Gasteiger partial charge in [0, 0.05) is 4.47 Å². The molecule has 0 spiro atoms. The zero-order valence-electron chi connectivity index (χ0n) is 12.6. The normalized spacial score (nSPS) is 10.7. The van der Waals surface area contributed by atoms with Crippen molar-refractivity contribution in [1.29, 1.82) is 0 Å². The Kier molecular flexibility index (Phi) is 4.67. The standard InChI is InChI=1S/C18H15BrN2O2/c1-12-17(21-16-5-3-2-4-15(16)20-12)11-23-18(22)10-13-6-8-14(19)9-7-13/h2-9H,10-11H2,1H3. The van der Waals surface area contributed by atoms with Crippen molar-refractivity contribution >= 4 is 32.9 Å². The number of rotatable bonds is 4. The highest BCUT2D eigenvalue weighted by molar-refractivity contribution is 9.10. The average Bonchev–Trinajstić information content (AvgIpc) is 2.55. The monoisotopic (exact) mass is 370 g/mol. The number of nitrogens with zero attached hydrogens (tertiary/aromatic N) is 2. The molecule has 3 aromatic rings. The van der Waals surface area contributed by atoms with Gasteiger partial charge in [0.15, 0.2) is 0 Å². The van der Waals surface area contributed by atoms with Crippen LogP contribution in [0.1, 0.15) is 17.0 Å². The van der Waals surface area contributed by atoms with Gasteiger partial charge in [0.05, 0.1) is 28.8 Å². The van der Waals surface area contributed by atoms with Gasteiger partial charge in [-0.05, 0) is 36.8 Å². The predicted octanol–water partition coefficient (Wildman–Crippen LogP) is 3.99. The Morgan fingerprint density at radius 3 is 2.39 bits per heavy atom. The molecule has 1 aromatic heterocycles. The zero-order chi connectivity index (χ0) is 16.2. The summed E-state index contributed by atoms with van der Waals surface area (Å²) in [7, 11) is 0. The molecule has 0 atom stereocenters. The van der Waals surface area contributed by atoms with E-state index < -0.39 is 0 Å². The highest BCUT2D eigenvalue weighted by Gasteiger charge is 2.09. The van der Waals surface area contributed by atoms with E-state index in [4.69, 9.17) is 4.74 Å². The number of hydrogen-bond acceptors (Lipinski definition) is 4. The molecule has 4 nitrogen and oxygen atoms in total. The number of benzene rings is 2. The van der Waals surface area contributed by atoms with Gasteiger partial charge >= 0.3 is 5.97 Å². The van der Waals surface area contributed by atoms with Gasteiger partial charge in [-0.25, -0.2) is 9.97 Å². The summed E-state index contributed by atoms with van der Waals surface area (Å²) in [5.74, 6) is -0.276. The van der Waals surface area contributed by atoms with E-state index in [1.165, 1.54) is 0 Å². The Balaban J connectivity index is 1.66. The van der Waals surface area contributed by atoms with Crippen molar-refractivity contribution in [3.05, 3.63) is 70.0 Å². The van der Waals surface area contributed by atoms with E-state index in [1.807, 2.05) is 55.5 Å². The van der Waals surface area contributed by atoms with Crippen molar-refractivity contribution in [3.63, 3.8) is 0 Å². The first-order valence-electron chi connectivity index (χ1n) is 7.24. The van der Waals surface area contributed by atoms with Crippen molar-refractivity contribution in [2.75, 3.05) is 0 Å². The molecule has 23 heavy (non-hydrogen) atoms. The molecule has 0 unspecified atom stereocenters. The number of carbonyl (C=O) groups excluding carboxylic acids is 1. The van der Waals surface area contributed by atoms with Crippen molar-refractivity contribution in [3.8, 4) is 0 Å². The number of carbonyl (C=O) groups is 1. The number of aromatic nitrogens is 2. The van der Waals surface area contributed by atoms with Gasteiger partial charge in [-0.3, -0.25) is 4.79 Å². The van der Waals surface area contributed by atoms with Crippen LogP contribution in [0.3, 0.4) is 0 Å².